The summed E-state index contributed by atoms with van der Waals surface area (Å²) in [6, 6.07) is 1.80. The van der Waals surface area contributed by atoms with Gasteiger partial charge < -0.3 is 9.90 Å². The Morgan fingerprint density at radius 1 is 1.18 bits per heavy atom. The first-order chi connectivity index (χ1) is 9.75. The number of rotatable bonds is 4. The van der Waals surface area contributed by atoms with Crippen LogP contribution in [0.5, 0.6) is 0 Å². The number of aliphatic carboxylic acids is 1. The van der Waals surface area contributed by atoms with E-state index in [2.05, 4.69) is 0 Å². The van der Waals surface area contributed by atoms with Gasteiger partial charge in [-0.1, -0.05) is 13.8 Å². The first-order valence-electron chi connectivity index (χ1n) is 6.13. The van der Waals surface area contributed by atoms with Gasteiger partial charge in [0.1, 0.15) is 0 Å². The third-order valence-electron chi connectivity index (χ3n) is 3.26. The molecule has 110 valence electrons. The molecule has 0 aliphatic carbocycles. The van der Waals surface area contributed by atoms with Gasteiger partial charge in [0.05, 0.1) is 28.1 Å². The molecule has 0 fully saturated rings. The summed E-state index contributed by atoms with van der Waals surface area (Å²) in [7, 11) is 0. The van der Waals surface area contributed by atoms with Crippen LogP contribution in [0, 0.1) is 16.0 Å². The molecule has 0 saturated heterocycles. The molecule has 9 heteroatoms. The van der Waals surface area contributed by atoms with Crippen molar-refractivity contribution in [2.24, 2.45) is 5.92 Å². The number of hydrogen-bond donors (Lipinski definition) is 0. The average Bonchev–Trinajstić information content (AvgIpc) is 2.63. The van der Waals surface area contributed by atoms with Crippen molar-refractivity contribution in [3.05, 3.63) is 39.4 Å². The minimum Gasteiger partial charge on any atom is -0.548 e. The third-order valence-corrected chi connectivity index (χ3v) is 3.26. The molecule has 0 radical (unpaired) electrons. The van der Waals surface area contributed by atoms with Crippen LogP contribution in [-0.2, 0) is 4.79 Å². The van der Waals surface area contributed by atoms with Crippen molar-refractivity contribution in [1.29, 1.82) is 0 Å². The van der Waals surface area contributed by atoms with E-state index in [0.717, 1.165) is 18.2 Å². The van der Waals surface area contributed by atoms with E-state index in [0.29, 0.717) is 4.90 Å². The molecule has 0 bridgehead atoms. The van der Waals surface area contributed by atoms with Crippen LogP contribution in [0.15, 0.2) is 18.2 Å². The molecule has 8 nitrogen and oxygen atoms in total. The van der Waals surface area contributed by atoms with E-state index in [1.807, 2.05) is 0 Å². The molecule has 1 aliphatic rings. The molecule has 0 N–H and O–H groups in total. The number of carboxylic acids is 1. The van der Waals surface area contributed by atoms with E-state index in [1.54, 1.807) is 0 Å². The monoisotopic (exact) mass is 298 g/mol. The number of carbonyl (C=O) groups is 3. The van der Waals surface area contributed by atoms with Crippen molar-refractivity contribution < 1.29 is 43.3 Å². The van der Waals surface area contributed by atoms with Crippen LogP contribution in [0.1, 0.15) is 34.6 Å². The van der Waals surface area contributed by atoms with Gasteiger partial charge in [0, 0.05) is 12.1 Å². The van der Waals surface area contributed by atoms with Gasteiger partial charge in [0.25, 0.3) is 17.5 Å². The number of nitrogens with zero attached hydrogens (tertiary/aromatic N) is 2. The van der Waals surface area contributed by atoms with Crippen molar-refractivity contribution >= 4 is 23.5 Å². The normalized spacial score (nSPS) is 14.6. The molecule has 1 unspecified atom stereocenters. The molecule has 2 amide bonds. The van der Waals surface area contributed by atoms with Gasteiger partial charge in [-0.25, -0.2) is 0 Å². The van der Waals surface area contributed by atoms with Gasteiger partial charge in [-0.3, -0.25) is 24.6 Å². The number of fused-ring (bicyclic) bond motifs is 1. The summed E-state index contributed by atoms with van der Waals surface area (Å²) >= 11 is 0. The van der Waals surface area contributed by atoms with Crippen molar-refractivity contribution in [3.63, 3.8) is 0 Å². The summed E-state index contributed by atoms with van der Waals surface area (Å²) < 4.78 is 0. The second-order valence-electron chi connectivity index (χ2n) is 4.98. The topological polar surface area (TPSA) is 121 Å². The number of nitro benzene ring substituents is 1. The zero-order valence-corrected chi connectivity index (χ0v) is 12.2. The Morgan fingerprint density at radius 2 is 1.73 bits per heavy atom. The quantitative estimate of drug-likeness (QED) is 0.252. The maximum atomic E-state index is 12.2. The number of benzene rings is 1. The number of non-ortho nitro benzene ring substituents is 1. The molecule has 1 aromatic rings. The van der Waals surface area contributed by atoms with Gasteiger partial charge in [-0.2, -0.15) is 0 Å². The summed E-state index contributed by atoms with van der Waals surface area (Å²) in [4.78, 5) is 46.2. The first kappa shape index (κ1) is 17.9. The average molecular weight is 298 g/mol. The molecule has 0 aromatic heterocycles. The molecule has 0 spiro atoms. The second kappa shape index (κ2) is 6.30. The predicted octanol–water partition coefficient (Wildman–Crippen LogP) is -3.03. The van der Waals surface area contributed by atoms with Crippen LogP contribution in [0.3, 0.4) is 0 Å². The van der Waals surface area contributed by atoms with E-state index in [9.17, 15) is 29.6 Å². The van der Waals surface area contributed by atoms with Crippen molar-refractivity contribution in [1.82, 2.24) is 4.90 Å². The van der Waals surface area contributed by atoms with Crippen LogP contribution >= 0.6 is 0 Å². The van der Waals surface area contributed by atoms with Gasteiger partial charge in [-0.15, -0.1) is 0 Å². The Labute approximate surface area is 137 Å². The molecular weight excluding hydrogens is 287 g/mol. The third kappa shape index (κ3) is 2.75. The number of carbonyl (C=O) groups excluding carboxylic acids is 3. The van der Waals surface area contributed by atoms with Crippen molar-refractivity contribution in [2.45, 2.75) is 19.9 Å². The van der Waals surface area contributed by atoms with Gasteiger partial charge >= 0.3 is 18.9 Å². The molecule has 1 atom stereocenters. The molecule has 0 saturated carbocycles. The summed E-state index contributed by atoms with van der Waals surface area (Å²) in [5, 5.41) is 21.9. The number of carboxylic acid groups (broad SMARTS) is 1. The molecule has 2 rings (SSSR count). The summed E-state index contributed by atoms with van der Waals surface area (Å²) in [5.41, 5.74) is -0.551. The Kier molecular flexibility index (Phi) is 5.12. The van der Waals surface area contributed by atoms with Crippen LogP contribution in [0.2, 0.25) is 0 Å². The fourth-order valence-electron chi connectivity index (χ4n) is 2.29. The van der Waals surface area contributed by atoms with Crippen LogP contribution in [0.4, 0.5) is 5.69 Å². The minimum absolute atomic E-state index is 0. The van der Waals surface area contributed by atoms with E-state index in [1.165, 1.54) is 13.8 Å². The Bertz CT molecular complexity index is 672. The zero-order chi connectivity index (χ0) is 15.9. The SMILES string of the molecule is CC(C)C(C(=O)[O-])N1C(=O)c2ccc([N+](=O)[O-])cc2C1=O.[Li+]. The Morgan fingerprint density at radius 3 is 2.18 bits per heavy atom. The first-order valence-corrected chi connectivity index (χ1v) is 6.13. The van der Waals surface area contributed by atoms with Crippen LogP contribution < -0.4 is 24.0 Å². The fraction of sp³-hybridized carbons (Fsp3) is 0.308. The van der Waals surface area contributed by atoms with Crippen LogP contribution in [0.25, 0.3) is 0 Å². The van der Waals surface area contributed by atoms with Gasteiger partial charge in [0.15, 0.2) is 0 Å². The maximum Gasteiger partial charge on any atom is 1.00 e. The van der Waals surface area contributed by atoms with Crippen LogP contribution in [-0.4, -0.2) is 33.6 Å². The largest absolute Gasteiger partial charge is 1.00 e. The fourth-order valence-corrected chi connectivity index (χ4v) is 2.29. The van der Waals surface area contributed by atoms with E-state index < -0.39 is 34.7 Å². The van der Waals surface area contributed by atoms with Gasteiger partial charge in [0.2, 0.25) is 0 Å². The van der Waals surface area contributed by atoms with E-state index >= 15 is 0 Å². The summed E-state index contributed by atoms with van der Waals surface area (Å²) in [6.45, 7) is 3.07. The second-order valence-corrected chi connectivity index (χ2v) is 4.98. The zero-order valence-electron chi connectivity index (χ0n) is 12.2. The maximum absolute atomic E-state index is 12.2. The Balaban J connectivity index is 0.00000242. The predicted molar refractivity (Wildman–Crippen MR) is 67.2 cm³/mol. The van der Waals surface area contributed by atoms with Gasteiger partial charge in [-0.05, 0) is 12.0 Å². The smallest absolute Gasteiger partial charge is 0.548 e. The summed E-state index contributed by atoms with van der Waals surface area (Å²) in [6.07, 6.45) is 0. The number of nitro groups is 1. The molecule has 1 aromatic carbocycles. The Hall–Kier alpha value is -2.17. The number of hydrogen-bond acceptors (Lipinski definition) is 6. The molecular formula is C13H11LiN2O6. The standard InChI is InChI=1S/C13H12N2O6.Li/c1-6(2)10(13(18)19)14-11(16)8-4-3-7(15(20)21)5-9(8)12(14)17;/h3-6,10H,1-2H3,(H,18,19);/q;+1/p-1. The van der Waals surface area contributed by atoms with Crippen molar-refractivity contribution in [3.8, 4) is 0 Å². The van der Waals surface area contributed by atoms with E-state index in [4.69, 9.17) is 0 Å². The van der Waals surface area contributed by atoms with Crippen molar-refractivity contribution in [2.75, 3.05) is 0 Å². The minimum atomic E-state index is -1.55. The molecule has 1 heterocycles. The number of amides is 2. The molecule has 22 heavy (non-hydrogen) atoms. The summed E-state index contributed by atoms with van der Waals surface area (Å²) in [5.74, 6) is -3.74. The molecule has 1 aliphatic heterocycles. The number of imide groups is 1. The van der Waals surface area contributed by atoms with E-state index in [-0.39, 0.29) is 35.7 Å².